The minimum absolute atomic E-state index is 0.00586. The Morgan fingerprint density at radius 3 is 2.62 bits per heavy atom. The molecular weight excluding hydrogens is 194 g/mol. The van der Waals surface area contributed by atoms with E-state index in [-0.39, 0.29) is 22.7 Å². The van der Waals surface area contributed by atoms with Gasteiger partial charge in [0.25, 0.3) is 0 Å². The van der Waals surface area contributed by atoms with Gasteiger partial charge < -0.3 is 10.2 Å². The normalized spacial score (nSPS) is 9.23. The summed E-state index contributed by atoms with van der Waals surface area (Å²) >= 11 is -0.00586. The lowest BCUT2D eigenvalue weighted by Crippen LogP contribution is -1.95. The van der Waals surface area contributed by atoms with E-state index in [9.17, 15) is 9.00 Å². The first-order valence-electron chi connectivity index (χ1n) is 3.21. The molecule has 68 valence electrons. The van der Waals surface area contributed by atoms with E-state index in [1.54, 1.807) is 0 Å². The number of carboxylic acids is 1. The molecule has 2 N–H and O–H groups in total. The van der Waals surface area contributed by atoms with Crippen molar-refractivity contribution in [1.82, 2.24) is 0 Å². The Morgan fingerprint density at radius 1 is 1.46 bits per heavy atom. The van der Waals surface area contributed by atoms with Crippen LogP contribution in [0, 0.1) is 0 Å². The first kappa shape index (κ1) is 9.40. The number of aromatic carboxylic acids is 1. The molecule has 0 heterocycles. The Morgan fingerprint density at radius 2 is 2.15 bits per heavy atom. The Kier molecular flexibility index (Phi) is 2.76. The summed E-state index contributed by atoms with van der Waals surface area (Å²) in [6.07, 6.45) is 0. The summed E-state index contributed by atoms with van der Waals surface area (Å²) in [5.74, 6) is -1.62. The molecule has 0 bridgehead atoms. The molecule has 13 heavy (non-hydrogen) atoms. The summed E-state index contributed by atoms with van der Waals surface area (Å²) in [6.45, 7) is 0. The minimum atomic E-state index is -1.22. The van der Waals surface area contributed by atoms with Gasteiger partial charge in [-0.3, -0.25) is 0 Å². The van der Waals surface area contributed by atoms with Gasteiger partial charge >= 0.3 is 5.97 Å². The second-order valence-corrected chi connectivity index (χ2v) is 2.50. The highest BCUT2D eigenvalue weighted by molar-refractivity contribution is 7.54. The Labute approximate surface area is 76.9 Å². The first-order chi connectivity index (χ1) is 6.15. The average Bonchev–Trinajstić information content (AvgIpc) is 2.04. The summed E-state index contributed by atoms with van der Waals surface area (Å²) in [6, 6.07) is 3.65. The Bertz CT molecular complexity index is 397. The predicted octanol–water partition coefficient (Wildman–Crippen LogP) is 1.12. The van der Waals surface area contributed by atoms with Crippen LogP contribution in [0.3, 0.4) is 0 Å². The van der Waals surface area contributed by atoms with Crippen molar-refractivity contribution in [3.63, 3.8) is 0 Å². The molecule has 6 heteroatoms. The van der Waals surface area contributed by atoms with Crippen molar-refractivity contribution in [3.8, 4) is 5.75 Å². The van der Waals surface area contributed by atoms with Crippen LogP contribution in [0.1, 0.15) is 10.4 Å². The third kappa shape index (κ3) is 2.12. The molecule has 0 fully saturated rings. The monoisotopic (exact) mass is 199 g/mol. The standard InChI is InChI=1S/C7H5NO4S/c9-6-3-4(8-13-12)1-2-5(6)7(10)11/h1-3,9H,(H,10,11). The van der Waals surface area contributed by atoms with Crippen LogP contribution in [0.4, 0.5) is 5.69 Å². The molecule has 0 aliphatic rings. The largest absolute Gasteiger partial charge is 0.507 e. The maximum Gasteiger partial charge on any atom is 0.339 e. The highest BCUT2D eigenvalue weighted by atomic mass is 32.1. The van der Waals surface area contributed by atoms with Gasteiger partial charge in [0.2, 0.25) is 11.5 Å². The van der Waals surface area contributed by atoms with Gasteiger partial charge in [-0.1, -0.05) is 0 Å². The quantitative estimate of drug-likeness (QED) is 0.747. The third-order valence-corrected chi connectivity index (χ3v) is 1.64. The fourth-order valence-corrected chi connectivity index (χ4v) is 1.00. The van der Waals surface area contributed by atoms with E-state index >= 15 is 0 Å². The van der Waals surface area contributed by atoms with E-state index in [0.717, 1.165) is 6.07 Å². The van der Waals surface area contributed by atoms with Crippen molar-refractivity contribution in [3.05, 3.63) is 23.8 Å². The summed E-state index contributed by atoms with van der Waals surface area (Å²) in [5, 5.41) is 17.7. The van der Waals surface area contributed by atoms with E-state index in [2.05, 4.69) is 4.36 Å². The summed E-state index contributed by atoms with van der Waals surface area (Å²) in [4.78, 5) is 10.4. The Hall–Kier alpha value is -1.69. The van der Waals surface area contributed by atoms with Gasteiger partial charge in [0, 0.05) is 6.07 Å². The van der Waals surface area contributed by atoms with Crippen LogP contribution in [0.5, 0.6) is 5.75 Å². The van der Waals surface area contributed by atoms with Crippen LogP contribution in [0.2, 0.25) is 0 Å². The van der Waals surface area contributed by atoms with E-state index in [1.165, 1.54) is 12.1 Å². The highest BCUT2D eigenvalue weighted by Crippen LogP contribution is 2.23. The molecule has 0 unspecified atom stereocenters. The van der Waals surface area contributed by atoms with Crippen LogP contribution in [-0.2, 0) is 11.5 Å². The number of hydrogen-bond acceptors (Lipinski definition) is 4. The number of benzene rings is 1. The minimum Gasteiger partial charge on any atom is -0.507 e. The molecule has 0 aliphatic carbocycles. The average molecular weight is 199 g/mol. The van der Waals surface area contributed by atoms with Crippen LogP contribution >= 0.6 is 0 Å². The number of carbonyl (C=O) groups is 1. The number of nitrogens with zero attached hydrogens (tertiary/aromatic N) is 1. The fourth-order valence-electron chi connectivity index (χ4n) is 0.801. The van der Waals surface area contributed by atoms with Gasteiger partial charge in [-0.15, -0.1) is 0 Å². The van der Waals surface area contributed by atoms with Gasteiger partial charge in [-0.05, 0) is 12.1 Å². The number of phenols is 1. The summed E-state index contributed by atoms with van der Waals surface area (Å²) in [5.41, 5.74) is 0.0253. The molecule has 0 radical (unpaired) electrons. The van der Waals surface area contributed by atoms with Crippen molar-refractivity contribution in [2.75, 3.05) is 0 Å². The maximum absolute atomic E-state index is 10.4. The zero-order chi connectivity index (χ0) is 9.84. The predicted molar refractivity (Wildman–Crippen MR) is 45.3 cm³/mol. The van der Waals surface area contributed by atoms with Gasteiger partial charge in [0.1, 0.15) is 11.3 Å². The van der Waals surface area contributed by atoms with Gasteiger partial charge in [-0.25, -0.2) is 4.79 Å². The fraction of sp³-hybridized carbons (Fsp3) is 0. The van der Waals surface area contributed by atoms with Gasteiger partial charge in [-0.2, -0.15) is 8.57 Å². The maximum atomic E-state index is 10.4. The number of carboxylic acid groups (broad SMARTS) is 1. The molecule has 0 atom stereocenters. The van der Waals surface area contributed by atoms with Crippen molar-refractivity contribution in [2.24, 2.45) is 4.36 Å². The molecule has 1 rings (SSSR count). The Balaban J connectivity index is 3.19. The SMILES string of the molecule is O=S=Nc1ccc(C(=O)O)c(O)c1. The lowest BCUT2D eigenvalue weighted by molar-refractivity contribution is 0.0694. The lowest BCUT2D eigenvalue weighted by atomic mass is 10.2. The second-order valence-electron chi connectivity index (χ2n) is 2.17. The van der Waals surface area contributed by atoms with Crippen LogP contribution < -0.4 is 0 Å². The molecule has 0 aliphatic heterocycles. The molecule has 0 spiro atoms. The van der Waals surface area contributed by atoms with Crippen molar-refractivity contribution in [2.45, 2.75) is 0 Å². The summed E-state index contributed by atoms with van der Waals surface area (Å²) in [7, 11) is 0. The number of aromatic hydroxyl groups is 1. The zero-order valence-electron chi connectivity index (χ0n) is 6.30. The third-order valence-electron chi connectivity index (χ3n) is 1.35. The van der Waals surface area contributed by atoms with Crippen LogP contribution in [0.25, 0.3) is 0 Å². The molecule has 1 aromatic rings. The second kappa shape index (κ2) is 3.81. The molecule has 0 aromatic heterocycles. The molecule has 0 saturated carbocycles. The van der Waals surface area contributed by atoms with Crippen molar-refractivity contribution in [1.29, 1.82) is 0 Å². The lowest BCUT2D eigenvalue weighted by Gasteiger charge is -1.98. The van der Waals surface area contributed by atoms with E-state index in [4.69, 9.17) is 10.2 Å². The number of rotatable bonds is 2. The summed E-state index contributed by atoms with van der Waals surface area (Å²) < 4.78 is 13.4. The van der Waals surface area contributed by atoms with Gasteiger partial charge in [0.15, 0.2) is 0 Å². The topological polar surface area (TPSA) is 87.0 Å². The molecule has 0 amide bonds. The van der Waals surface area contributed by atoms with Crippen molar-refractivity contribution >= 4 is 23.1 Å². The van der Waals surface area contributed by atoms with E-state index in [0.29, 0.717) is 0 Å². The van der Waals surface area contributed by atoms with E-state index < -0.39 is 11.7 Å². The molecule has 0 saturated heterocycles. The molecule has 5 nitrogen and oxygen atoms in total. The van der Waals surface area contributed by atoms with Crippen molar-refractivity contribution < 1.29 is 19.2 Å². The number of hydrogen-bond donors (Lipinski definition) is 2. The van der Waals surface area contributed by atoms with Gasteiger partial charge in [0.05, 0.1) is 5.69 Å². The molecule has 1 aromatic carbocycles. The smallest absolute Gasteiger partial charge is 0.339 e. The first-order valence-corrected chi connectivity index (χ1v) is 3.91. The van der Waals surface area contributed by atoms with Crippen LogP contribution in [-0.4, -0.2) is 20.4 Å². The van der Waals surface area contributed by atoms with Crippen LogP contribution in [0.15, 0.2) is 22.6 Å². The molecular formula is C7H5NO4S. The highest BCUT2D eigenvalue weighted by Gasteiger charge is 2.08. The zero-order valence-corrected chi connectivity index (χ0v) is 7.11. The van der Waals surface area contributed by atoms with E-state index in [1.807, 2.05) is 0 Å².